The van der Waals surface area contributed by atoms with Crippen LogP contribution >= 0.6 is 0 Å². The van der Waals surface area contributed by atoms with Gasteiger partial charge in [-0.2, -0.15) is 0 Å². The first-order chi connectivity index (χ1) is 27.2. The van der Waals surface area contributed by atoms with Crippen LogP contribution in [0.15, 0.2) is 192 Å². The summed E-state index contributed by atoms with van der Waals surface area (Å²) in [5.74, 6) is 2.46. The molecule has 0 N–H and O–H groups in total. The number of rotatable bonds is 7. The van der Waals surface area contributed by atoms with Crippen molar-refractivity contribution in [3.8, 4) is 79.2 Å². The fourth-order valence-corrected chi connectivity index (χ4v) is 7.11. The number of nitrogens with zero attached hydrogens (tertiary/aromatic N) is 5. The van der Waals surface area contributed by atoms with E-state index in [2.05, 4.69) is 78.9 Å². The summed E-state index contributed by atoms with van der Waals surface area (Å²) in [5.41, 5.74) is 10.9. The molecule has 0 amide bonds. The van der Waals surface area contributed by atoms with Gasteiger partial charge >= 0.3 is 0 Å². The maximum absolute atomic E-state index is 6.73. The molecule has 55 heavy (non-hydrogen) atoms. The molecule has 0 saturated carbocycles. The van der Waals surface area contributed by atoms with Crippen LogP contribution in [0.3, 0.4) is 0 Å². The Morgan fingerprint density at radius 3 is 1.36 bits per heavy atom. The number of fused-ring (bicyclic) bond motifs is 3. The summed E-state index contributed by atoms with van der Waals surface area (Å²) < 4.78 is 6.73. The summed E-state index contributed by atoms with van der Waals surface area (Å²) in [7, 11) is 0. The maximum Gasteiger partial charge on any atom is 0.164 e. The van der Waals surface area contributed by atoms with Crippen molar-refractivity contribution < 1.29 is 4.42 Å². The Bertz CT molecular complexity index is 2850. The van der Waals surface area contributed by atoms with Gasteiger partial charge in [-0.3, -0.25) is 0 Å². The van der Waals surface area contributed by atoms with Crippen LogP contribution in [0.2, 0.25) is 0 Å². The normalized spacial score (nSPS) is 11.3. The van der Waals surface area contributed by atoms with E-state index in [1.54, 1.807) is 0 Å². The highest BCUT2D eigenvalue weighted by Gasteiger charge is 2.20. The molecule has 0 fully saturated rings. The molecule has 0 aliphatic carbocycles. The van der Waals surface area contributed by atoms with Gasteiger partial charge in [0, 0.05) is 49.7 Å². The van der Waals surface area contributed by atoms with Crippen LogP contribution in [0.25, 0.3) is 101 Å². The van der Waals surface area contributed by atoms with Crippen molar-refractivity contribution in [1.82, 2.24) is 24.9 Å². The third kappa shape index (κ3) is 6.11. The lowest BCUT2D eigenvalue weighted by Gasteiger charge is -2.11. The second kappa shape index (κ2) is 13.8. The molecule has 10 rings (SSSR count). The second-order valence-electron chi connectivity index (χ2n) is 13.3. The van der Waals surface area contributed by atoms with Crippen molar-refractivity contribution in [3.05, 3.63) is 188 Å². The van der Waals surface area contributed by atoms with Gasteiger partial charge in [-0.1, -0.05) is 170 Å². The number of para-hydroxylation sites is 1. The molecule has 0 bridgehead atoms. The van der Waals surface area contributed by atoms with Gasteiger partial charge in [0.25, 0.3) is 0 Å². The maximum atomic E-state index is 6.73. The lowest BCUT2D eigenvalue weighted by molar-refractivity contribution is 0.670. The van der Waals surface area contributed by atoms with Gasteiger partial charge in [-0.25, -0.2) is 24.9 Å². The predicted molar refractivity (Wildman–Crippen MR) is 221 cm³/mol. The van der Waals surface area contributed by atoms with E-state index in [0.29, 0.717) is 23.3 Å². The van der Waals surface area contributed by atoms with Gasteiger partial charge in [-0.05, 0) is 23.8 Å². The van der Waals surface area contributed by atoms with E-state index >= 15 is 0 Å². The van der Waals surface area contributed by atoms with E-state index in [4.69, 9.17) is 29.3 Å². The fourth-order valence-electron chi connectivity index (χ4n) is 7.11. The molecule has 3 heterocycles. The lowest BCUT2D eigenvalue weighted by Crippen LogP contribution is -2.00. The molecule has 0 spiro atoms. The predicted octanol–water partition coefficient (Wildman–Crippen LogP) is 12.2. The highest BCUT2D eigenvalue weighted by molar-refractivity contribution is 6.15. The topological polar surface area (TPSA) is 77.6 Å². The molecular formula is C49H31N5O. The van der Waals surface area contributed by atoms with Crippen LogP contribution in [-0.2, 0) is 0 Å². The standard InChI is InChI=1S/C49H31N5O/c1-5-16-32(17-6-1)41-31-42(33-18-7-2-8-19-33)51-48(50-41)37-25-13-24-36(30-37)38-26-14-27-39-44-40(28-15-29-43(44)55-45(38)39)49-53-46(34-20-9-3-10-21-34)52-47(54-49)35-22-11-4-12-23-35/h1-31H. The largest absolute Gasteiger partial charge is 0.455 e. The summed E-state index contributed by atoms with van der Waals surface area (Å²) in [5, 5.41) is 1.93. The van der Waals surface area contributed by atoms with Gasteiger partial charge in [0.05, 0.1) is 11.4 Å². The van der Waals surface area contributed by atoms with E-state index in [1.807, 2.05) is 109 Å². The summed E-state index contributed by atoms with van der Waals surface area (Å²) in [4.78, 5) is 25.2. The average molecular weight is 706 g/mol. The summed E-state index contributed by atoms with van der Waals surface area (Å²) >= 11 is 0. The number of hydrogen-bond donors (Lipinski definition) is 0. The Kier molecular flexibility index (Phi) is 8.04. The third-order valence-corrected chi connectivity index (χ3v) is 9.76. The molecule has 6 heteroatoms. The van der Waals surface area contributed by atoms with Crippen LogP contribution in [0.4, 0.5) is 0 Å². The lowest BCUT2D eigenvalue weighted by atomic mass is 9.98. The van der Waals surface area contributed by atoms with Crippen molar-refractivity contribution in [2.45, 2.75) is 0 Å². The Morgan fingerprint density at radius 2 is 0.764 bits per heavy atom. The van der Waals surface area contributed by atoms with Crippen molar-refractivity contribution in [1.29, 1.82) is 0 Å². The van der Waals surface area contributed by atoms with Crippen molar-refractivity contribution in [2.24, 2.45) is 0 Å². The first-order valence-corrected chi connectivity index (χ1v) is 18.2. The number of benzene rings is 7. The second-order valence-corrected chi connectivity index (χ2v) is 13.3. The fraction of sp³-hybridized carbons (Fsp3) is 0. The summed E-state index contributed by atoms with van der Waals surface area (Å²) in [6.45, 7) is 0. The van der Waals surface area contributed by atoms with Gasteiger partial charge < -0.3 is 4.42 Å². The molecule has 0 saturated heterocycles. The molecule has 10 aromatic rings. The van der Waals surface area contributed by atoms with Gasteiger partial charge in [-0.15, -0.1) is 0 Å². The minimum Gasteiger partial charge on any atom is -0.455 e. The highest BCUT2D eigenvalue weighted by Crippen LogP contribution is 2.41. The molecule has 0 unspecified atom stereocenters. The van der Waals surface area contributed by atoms with E-state index in [1.165, 1.54) is 0 Å². The zero-order valence-electron chi connectivity index (χ0n) is 29.5. The molecule has 6 nitrogen and oxygen atoms in total. The Hall–Kier alpha value is -7.57. The minimum absolute atomic E-state index is 0.582. The van der Waals surface area contributed by atoms with Gasteiger partial charge in [0.1, 0.15) is 11.2 Å². The third-order valence-electron chi connectivity index (χ3n) is 9.76. The SMILES string of the molecule is c1ccc(-c2cc(-c3ccccc3)nc(-c3cccc(-c4cccc5c4oc4cccc(-c6nc(-c7ccccc7)nc(-c7ccccc7)n6)c45)c3)n2)cc1. The van der Waals surface area contributed by atoms with Crippen molar-refractivity contribution >= 4 is 21.9 Å². The van der Waals surface area contributed by atoms with E-state index < -0.39 is 0 Å². The highest BCUT2D eigenvalue weighted by atomic mass is 16.3. The Balaban J connectivity index is 1.12. The number of aromatic nitrogens is 5. The molecular weight excluding hydrogens is 675 g/mol. The Morgan fingerprint density at radius 1 is 0.309 bits per heavy atom. The number of furan rings is 1. The first kappa shape index (κ1) is 32.1. The average Bonchev–Trinajstić information content (AvgIpc) is 3.67. The monoisotopic (exact) mass is 705 g/mol. The van der Waals surface area contributed by atoms with Crippen molar-refractivity contribution in [2.75, 3.05) is 0 Å². The molecule has 0 aliphatic rings. The first-order valence-electron chi connectivity index (χ1n) is 18.2. The van der Waals surface area contributed by atoms with E-state index in [0.717, 1.165) is 77.8 Å². The quantitative estimate of drug-likeness (QED) is 0.164. The molecule has 7 aromatic carbocycles. The molecule has 258 valence electrons. The van der Waals surface area contributed by atoms with E-state index in [9.17, 15) is 0 Å². The zero-order valence-corrected chi connectivity index (χ0v) is 29.5. The van der Waals surface area contributed by atoms with Crippen molar-refractivity contribution in [3.63, 3.8) is 0 Å². The van der Waals surface area contributed by atoms with E-state index in [-0.39, 0.29) is 0 Å². The molecule has 0 atom stereocenters. The van der Waals surface area contributed by atoms with Crippen LogP contribution in [0.1, 0.15) is 0 Å². The zero-order chi connectivity index (χ0) is 36.6. The molecule has 3 aromatic heterocycles. The van der Waals surface area contributed by atoms with Crippen LogP contribution in [0.5, 0.6) is 0 Å². The Labute approximate surface area is 317 Å². The molecule has 0 radical (unpaired) electrons. The van der Waals surface area contributed by atoms with Gasteiger partial charge in [0.15, 0.2) is 23.3 Å². The van der Waals surface area contributed by atoms with Crippen LogP contribution < -0.4 is 0 Å². The summed E-state index contributed by atoms with van der Waals surface area (Å²) in [6, 6.07) is 63.3. The molecule has 0 aliphatic heterocycles. The van der Waals surface area contributed by atoms with Crippen LogP contribution in [-0.4, -0.2) is 24.9 Å². The summed E-state index contributed by atoms with van der Waals surface area (Å²) in [6.07, 6.45) is 0. The van der Waals surface area contributed by atoms with Gasteiger partial charge in [0.2, 0.25) is 0 Å². The minimum atomic E-state index is 0.582. The smallest absolute Gasteiger partial charge is 0.164 e. The van der Waals surface area contributed by atoms with Crippen LogP contribution in [0, 0.1) is 0 Å². The number of hydrogen-bond acceptors (Lipinski definition) is 6.